The Morgan fingerprint density at radius 1 is 1.32 bits per heavy atom. The van der Waals surface area contributed by atoms with Gasteiger partial charge in [0.2, 0.25) is 5.95 Å². The smallest absolute Gasteiger partial charge is 0.365 e. The summed E-state index contributed by atoms with van der Waals surface area (Å²) in [5.41, 5.74) is -0.387. The molecule has 0 aliphatic heterocycles. The molecular weight excluding hydrogens is 357 g/mol. The van der Waals surface area contributed by atoms with E-state index in [4.69, 9.17) is 0 Å². The van der Waals surface area contributed by atoms with Crippen LogP contribution in [0.15, 0.2) is 24.5 Å². The van der Waals surface area contributed by atoms with Gasteiger partial charge in [0, 0.05) is 44.9 Å². The lowest BCUT2D eigenvalue weighted by Gasteiger charge is -2.19. The molecule has 1 atom stereocenters. The molecule has 0 aliphatic rings. The highest BCUT2D eigenvalue weighted by Gasteiger charge is 2.35. The average Bonchev–Trinajstić information content (AvgIpc) is 2.58. The van der Waals surface area contributed by atoms with Crippen molar-refractivity contribution in [1.82, 2.24) is 15.0 Å². The molecule has 0 spiro atoms. The molecule has 1 unspecified atom stereocenters. The lowest BCUT2D eigenvalue weighted by molar-refractivity contribution is -0.137. The minimum absolute atomic E-state index is 0.0218. The van der Waals surface area contributed by atoms with E-state index >= 15 is 0 Å². The summed E-state index contributed by atoms with van der Waals surface area (Å²) in [7, 11) is 1.79. The van der Waals surface area contributed by atoms with Crippen LogP contribution in [0.2, 0.25) is 0 Å². The molecule has 0 saturated carbocycles. The van der Waals surface area contributed by atoms with Crippen LogP contribution in [0.25, 0.3) is 0 Å². The van der Waals surface area contributed by atoms with Crippen LogP contribution in [0.4, 0.5) is 30.8 Å². The second kappa shape index (κ2) is 7.64. The fourth-order valence-corrected chi connectivity index (χ4v) is 2.40. The molecule has 0 fully saturated rings. The maximum Gasteiger partial charge on any atom is 0.421 e. The number of hydrogen-bond donors (Lipinski definition) is 2. The second-order valence-corrected chi connectivity index (χ2v) is 6.36. The van der Waals surface area contributed by atoms with Crippen LogP contribution in [0.1, 0.15) is 11.1 Å². The van der Waals surface area contributed by atoms with Gasteiger partial charge in [0.25, 0.3) is 0 Å². The van der Waals surface area contributed by atoms with Gasteiger partial charge in [-0.15, -0.1) is 0 Å². The predicted molar refractivity (Wildman–Crippen MR) is 90.6 cm³/mol. The molecular formula is C14H17F3N6OS. The van der Waals surface area contributed by atoms with Crippen LogP contribution in [0.5, 0.6) is 0 Å². The number of pyridine rings is 1. The normalized spacial score (nSPS) is 12.6. The molecule has 7 nitrogen and oxygen atoms in total. The van der Waals surface area contributed by atoms with Crippen molar-refractivity contribution in [3.8, 4) is 0 Å². The van der Waals surface area contributed by atoms with E-state index in [0.29, 0.717) is 11.4 Å². The zero-order valence-corrected chi connectivity index (χ0v) is 14.6. The number of nitrogens with one attached hydrogen (secondary N) is 2. The number of rotatable bonds is 6. The number of halogens is 3. The van der Waals surface area contributed by atoms with E-state index in [-0.39, 0.29) is 18.3 Å². The van der Waals surface area contributed by atoms with E-state index in [1.807, 2.05) is 0 Å². The summed E-state index contributed by atoms with van der Waals surface area (Å²) in [5, 5.41) is 5.27. The van der Waals surface area contributed by atoms with E-state index in [2.05, 4.69) is 25.6 Å². The molecule has 0 bridgehead atoms. The van der Waals surface area contributed by atoms with Crippen LogP contribution in [0, 0.1) is 0 Å². The van der Waals surface area contributed by atoms with Gasteiger partial charge >= 0.3 is 6.18 Å². The summed E-state index contributed by atoms with van der Waals surface area (Å²) < 4.78 is 52.4. The Kier molecular flexibility index (Phi) is 5.77. The van der Waals surface area contributed by atoms with Crippen molar-refractivity contribution in [1.29, 1.82) is 0 Å². The molecule has 0 saturated heterocycles. The lowest BCUT2D eigenvalue weighted by Crippen LogP contribution is -2.22. The van der Waals surface area contributed by atoms with Gasteiger partial charge < -0.3 is 10.6 Å². The Hall–Kier alpha value is -2.43. The van der Waals surface area contributed by atoms with E-state index in [9.17, 15) is 17.4 Å². The number of nitrogens with zero attached hydrogens (tertiary/aromatic N) is 4. The summed E-state index contributed by atoms with van der Waals surface area (Å²) in [6.07, 6.45) is -0.864. The highest BCUT2D eigenvalue weighted by Crippen LogP contribution is 2.34. The molecule has 2 N–H and O–H groups in total. The average molecular weight is 374 g/mol. The summed E-state index contributed by atoms with van der Waals surface area (Å²) in [5.74, 6) is 0.128. The van der Waals surface area contributed by atoms with E-state index in [0.717, 1.165) is 6.20 Å². The zero-order valence-electron chi connectivity index (χ0n) is 13.8. The van der Waals surface area contributed by atoms with Crippen molar-refractivity contribution in [3.63, 3.8) is 0 Å². The molecule has 2 heterocycles. The first-order chi connectivity index (χ1) is 11.7. The van der Waals surface area contributed by atoms with Gasteiger partial charge in [-0.1, -0.05) is 6.07 Å². The summed E-state index contributed by atoms with van der Waals surface area (Å²) in [4.78, 5) is 11.6. The first kappa shape index (κ1) is 18.9. The third-order valence-electron chi connectivity index (χ3n) is 3.32. The number of hydrogen-bond acceptors (Lipinski definition) is 6. The van der Waals surface area contributed by atoms with Gasteiger partial charge in [0.1, 0.15) is 28.2 Å². The molecule has 2 aromatic rings. The monoisotopic (exact) mass is 374 g/mol. The van der Waals surface area contributed by atoms with E-state index < -0.39 is 22.7 Å². The highest BCUT2D eigenvalue weighted by atomic mass is 32.2. The Morgan fingerprint density at radius 2 is 2.04 bits per heavy atom. The summed E-state index contributed by atoms with van der Waals surface area (Å²) in [6.45, 7) is 0.0218. The standard InChI is InChI=1S/C14H17F3N6OS/c1-18-13-21-8-10(14(15,16)17)11(22-13)20-7-9-5-4-6-19-12(9)23(2)25(3)24/h4-6,8H,7H2,1-3H3,(H2,18,20,21,22). The van der Waals surface area contributed by atoms with Gasteiger partial charge in [0.05, 0.1) is 0 Å². The number of aromatic nitrogens is 3. The summed E-state index contributed by atoms with van der Waals surface area (Å²) in [6, 6.07) is 3.34. The third kappa shape index (κ3) is 4.56. The first-order valence-corrected chi connectivity index (χ1v) is 8.62. The predicted octanol–water partition coefficient (Wildman–Crippen LogP) is 2.27. The third-order valence-corrected chi connectivity index (χ3v) is 4.26. The lowest BCUT2D eigenvalue weighted by atomic mass is 10.2. The minimum atomic E-state index is -4.59. The van der Waals surface area contributed by atoms with Crippen LogP contribution in [0.3, 0.4) is 0 Å². The highest BCUT2D eigenvalue weighted by molar-refractivity contribution is 7.85. The second-order valence-electron chi connectivity index (χ2n) is 4.96. The molecule has 0 amide bonds. The van der Waals surface area contributed by atoms with Crippen molar-refractivity contribution in [2.75, 3.05) is 35.3 Å². The molecule has 0 radical (unpaired) electrons. The van der Waals surface area contributed by atoms with Crippen molar-refractivity contribution < 1.29 is 17.4 Å². The minimum Gasteiger partial charge on any atom is -0.365 e. The SMILES string of the molecule is CNc1ncc(C(F)(F)F)c(NCc2cccnc2N(C)S(C)=O)n1. The number of anilines is 3. The van der Waals surface area contributed by atoms with Gasteiger partial charge in [-0.05, 0) is 6.07 Å². The molecule has 0 aliphatic carbocycles. The fraction of sp³-hybridized carbons (Fsp3) is 0.357. The van der Waals surface area contributed by atoms with Crippen LogP contribution in [-0.4, -0.2) is 39.5 Å². The van der Waals surface area contributed by atoms with Crippen molar-refractivity contribution >= 4 is 28.6 Å². The van der Waals surface area contributed by atoms with Gasteiger partial charge in [-0.25, -0.2) is 14.2 Å². The molecule has 136 valence electrons. The zero-order chi connectivity index (χ0) is 18.6. The van der Waals surface area contributed by atoms with Crippen LogP contribution in [-0.2, 0) is 23.7 Å². The maximum atomic E-state index is 13.1. The Labute approximate surface area is 145 Å². The number of alkyl halides is 3. The largest absolute Gasteiger partial charge is 0.421 e. The Morgan fingerprint density at radius 3 is 2.64 bits per heavy atom. The molecule has 2 rings (SSSR count). The quantitative estimate of drug-likeness (QED) is 0.807. The van der Waals surface area contributed by atoms with Crippen LogP contribution < -0.4 is 14.9 Å². The first-order valence-electron chi connectivity index (χ1n) is 7.11. The molecule has 25 heavy (non-hydrogen) atoms. The topological polar surface area (TPSA) is 83.0 Å². The fourth-order valence-electron chi connectivity index (χ4n) is 2.00. The van der Waals surface area contributed by atoms with E-state index in [1.54, 1.807) is 19.2 Å². The van der Waals surface area contributed by atoms with Gasteiger partial charge in [-0.2, -0.15) is 18.2 Å². The molecule has 0 aromatic carbocycles. The summed E-state index contributed by atoms with van der Waals surface area (Å²) >= 11 is 0. The van der Waals surface area contributed by atoms with E-state index in [1.165, 1.54) is 23.8 Å². The van der Waals surface area contributed by atoms with Gasteiger partial charge in [0.15, 0.2) is 0 Å². The molecule has 11 heteroatoms. The Bertz CT molecular complexity index is 770. The maximum absolute atomic E-state index is 13.1. The molecule has 2 aromatic heterocycles. The van der Waals surface area contributed by atoms with Crippen molar-refractivity contribution in [3.05, 3.63) is 35.7 Å². The van der Waals surface area contributed by atoms with Crippen molar-refractivity contribution in [2.45, 2.75) is 12.7 Å². The van der Waals surface area contributed by atoms with Crippen molar-refractivity contribution in [2.24, 2.45) is 0 Å². The van der Waals surface area contributed by atoms with Crippen LogP contribution >= 0.6 is 0 Å². The Balaban J connectivity index is 2.32. The van der Waals surface area contributed by atoms with Gasteiger partial charge in [-0.3, -0.25) is 4.31 Å².